The number of rotatable bonds is 7. The number of benzene rings is 1. The summed E-state index contributed by atoms with van der Waals surface area (Å²) < 4.78 is 2.06. The summed E-state index contributed by atoms with van der Waals surface area (Å²) >= 11 is 0. The van der Waals surface area contributed by atoms with Crippen molar-refractivity contribution in [1.82, 2.24) is 19.4 Å². The number of hydrogen-bond acceptors (Lipinski definition) is 3. The normalized spacial score (nSPS) is 13.5. The van der Waals surface area contributed by atoms with E-state index in [9.17, 15) is 4.79 Å². The summed E-state index contributed by atoms with van der Waals surface area (Å²) in [4.78, 5) is 23.5. The lowest BCUT2D eigenvalue weighted by atomic mass is 10.0. The van der Waals surface area contributed by atoms with Crippen molar-refractivity contribution in [3.8, 4) is 0 Å². The van der Waals surface area contributed by atoms with Crippen LogP contribution >= 0.6 is 0 Å². The third-order valence-corrected chi connectivity index (χ3v) is 5.24. The zero-order chi connectivity index (χ0) is 18.5. The van der Waals surface area contributed by atoms with Crippen LogP contribution in [-0.2, 0) is 30.7 Å². The molecule has 5 heteroatoms. The van der Waals surface area contributed by atoms with Crippen molar-refractivity contribution in [2.75, 3.05) is 6.54 Å². The van der Waals surface area contributed by atoms with E-state index in [1.54, 1.807) is 18.6 Å². The Morgan fingerprint density at radius 3 is 2.44 bits per heavy atom. The van der Waals surface area contributed by atoms with Gasteiger partial charge in [-0.15, -0.1) is 0 Å². The Morgan fingerprint density at radius 1 is 1.04 bits per heavy atom. The number of imidazole rings is 1. The monoisotopic (exact) mass is 360 g/mol. The summed E-state index contributed by atoms with van der Waals surface area (Å²) in [6.07, 6.45) is 11.8. The molecule has 27 heavy (non-hydrogen) atoms. The average molecular weight is 360 g/mol. The minimum Gasteiger partial charge on any atom is -0.338 e. The molecule has 0 N–H and O–H groups in total. The highest BCUT2D eigenvalue weighted by molar-refractivity contribution is 5.80. The van der Waals surface area contributed by atoms with E-state index >= 15 is 0 Å². The molecule has 138 valence electrons. The number of nitrogens with zero attached hydrogens (tertiary/aromatic N) is 4. The Morgan fingerprint density at radius 2 is 1.78 bits per heavy atom. The van der Waals surface area contributed by atoms with Crippen LogP contribution in [0.25, 0.3) is 0 Å². The molecule has 1 aliphatic rings. The van der Waals surface area contributed by atoms with Gasteiger partial charge < -0.3 is 9.47 Å². The first kappa shape index (κ1) is 17.5. The van der Waals surface area contributed by atoms with E-state index in [0.717, 1.165) is 37.9 Å². The van der Waals surface area contributed by atoms with Crippen LogP contribution in [-0.4, -0.2) is 31.9 Å². The molecule has 0 bridgehead atoms. The second-order valence-corrected chi connectivity index (χ2v) is 7.14. The van der Waals surface area contributed by atoms with Crippen LogP contribution in [0.2, 0.25) is 0 Å². The molecular weight excluding hydrogens is 336 g/mol. The minimum atomic E-state index is 0.0532. The van der Waals surface area contributed by atoms with E-state index in [4.69, 9.17) is 0 Å². The molecule has 0 spiro atoms. The molecule has 5 nitrogen and oxygen atoms in total. The number of carbonyl (C=O) groups is 1. The molecule has 1 amide bonds. The molecule has 2 aromatic heterocycles. The fraction of sp³-hybridized carbons (Fsp3) is 0.318. The highest BCUT2D eigenvalue weighted by atomic mass is 16.2. The summed E-state index contributed by atoms with van der Waals surface area (Å²) in [5, 5.41) is 0. The van der Waals surface area contributed by atoms with Crippen LogP contribution in [0.3, 0.4) is 0 Å². The Hall–Kier alpha value is -2.95. The van der Waals surface area contributed by atoms with Crippen LogP contribution in [0.15, 0.2) is 67.5 Å². The molecule has 0 saturated heterocycles. The van der Waals surface area contributed by atoms with Crippen LogP contribution < -0.4 is 0 Å². The van der Waals surface area contributed by atoms with Gasteiger partial charge in [-0.05, 0) is 48.1 Å². The lowest BCUT2D eigenvalue weighted by Gasteiger charge is -2.26. The number of fused-ring (bicyclic) bond motifs is 1. The van der Waals surface area contributed by atoms with Crippen LogP contribution in [0.5, 0.6) is 0 Å². The maximum absolute atomic E-state index is 13.3. The summed E-state index contributed by atoms with van der Waals surface area (Å²) in [6.45, 7) is 2.25. The van der Waals surface area contributed by atoms with Gasteiger partial charge >= 0.3 is 0 Å². The molecule has 3 aromatic rings. The van der Waals surface area contributed by atoms with Crippen molar-refractivity contribution in [3.05, 3.63) is 84.2 Å². The highest BCUT2D eigenvalue weighted by Crippen LogP contribution is 2.28. The third kappa shape index (κ3) is 4.25. The molecule has 0 aliphatic heterocycles. The Kier molecular flexibility index (Phi) is 5.28. The van der Waals surface area contributed by atoms with Crippen molar-refractivity contribution in [2.45, 2.75) is 32.4 Å². The highest BCUT2D eigenvalue weighted by Gasteiger charge is 2.30. The van der Waals surface area contributed by atoms with Gasteiger partial charge in [0.05, 0.1) is 6.33 Å². The first-order valence-electron chi connectivity index (χ1n) is 9.50. The molecule has 0 saturated carbocycles. The van der Waals surface area contributed by atoms with Gasteiger partial charge in [0.1, 0.15) is 0 Å². The molecule has 0 atom stereocenters. The molecule has 0 fully saturated rings. The van der Waals surface area contributed by atoms with E-state index in [-0.39, 0.29) is 11.8 Å². The molecule has 0 radical (unpaired) electrons. The fourth-order valence-corrected chi connectivity index (χ4v) is 3.83. The predicted molar refractivity (Wildman–Crippen MR) is 104 cm³/mol. The maximum atomic E-state index is 13.3. The zero-order valence-corrected chi connectivity index (χ0v) is 15.4. The standard InChI is InChI=1S/C22H24N4O/c27-22(21-14-19-4-1-2-5-20(19)15-21)26(16-18-6-8-23-9-7-18)12-3-11-25-13-10-24-17-25/h1-2,4-10,13,17,21H,3,11-12,14-16H2. The lowest BCUT2D eigenvalue weighted by Crippen LogP contribution is -2.37. The van der Waals surface area contributed by atoms with E-state index in [0.29, 0.717) is 6.54 Å². The first-order chi connectivity index (χ1) is 13.3. The summed E-state index contributed by atoms with van der Waals surface area (Å²) in [6, 6.07) is 12.4. The molecule has 0 unspecified atom stereocenters. The zero-order valence-electron chi connectivity index (χ0n) is 15.4. The van der Waals surface area contributed by atoms with Crippen LogP contribution in [0, 0.1) is 5.92 Å². The Balaban J connectivity index is 1.44. The van der Waals surface area contributed by atoms with Crippen molar-refractivity contribution < 1.29 is 4.79 Å². The number of pyridine rings is 1. The van der Waals surface area contributed by atoms with Crippen molar-refractivity contribution in [2.24, 2.45) is 5.92 Å². The van der Waals surface area contributed by atoms with Crippen molar-refractivity contribution in [1.29, 1.82) is 0 Å². The fourth-order valence-electron chi connectivity index (χ4n) is 3.83. The maximum Gasteiger partial charge on any atom is 0.226 e. The largest absolute Gasteiger partial charge is 0.338 e. The van der Waals surface area contributed by atoms with E-state index in [2.05, 4.69) is 38.8 Å². The second kappa shape index (κ2) is 8.16. The van der Waals surface area contributed by atoms with Gasteiger partial charge in [0.25, 0.3) is 0 Å². The number of amides is 1. The molecule has 1 aromatic carbocycles. The molecule has 1 aliphatic carbocycles. The van der Waals surface area contributed by atoms with E-state index in [1.165, 1.54) is 11.1 Å². The average Bonchev–Trinajstić information content (AvgIpc) is 3.37. The van der Waals surface area contributed by atoms with Gasteiger partial charge in [0, 0.05) is 50.3 Å². The summed E-state index contributed by atoms with van der Waals surface area (Å²) in [7, 11) is 0. The van der Waals surface area contributed by atoms with Gasteiger partial charge in [-0.1, -0.05) is 24.3 Å². The van der Waals surface area contributed by atoms with Crippen molar-refractivity contribution >= 4 is 5.91 Å². The van der Waals surface area contributed by atoms with Crippen LogP contribution in [0.1, 0.15) is 23.1 Å². The topological polar surface area (TPSA) is 51.0 Å². The SMILES string of the molecule is O=C(C1Cc2ccccc2C1)N(CCCn1ccnc1)Cc1ccncc1. The van der Waals surface area contributed by atoms with Crippen molar-refractivity contribution in [3.63, 3.8) is 0 Å². The van der Waals surface area contributed by atoms with Gasteiger partial charge in [-0.25, -0.2) is 4.98 Å². The lowest BCUT2D eigenvalue weighted by molar-refractivity contribution is -0.136. The second-order valence-electron chi connectivity index (χ2n) is 7.14. The molecule has 2 heterocycles. The van der Waals surface area contributed by atoms with Gasteiger partial charge in [0.2, 0.25) is 5.91 Å². The smallest absolute Gasteiger partial charge is 0.226 e. The first-order valence-corrected chi connectivity index (χ1v) is 9.50. The number of aryl methyl sites for hydroxylation is 1. The summed E-state index contributed by atoms with van der Waals surface area (Å²) in [5.41, 5.74) is 3.76. The molecule has 4 rings (SSSR count). The van der Waals surface area contributed by atoms with Gasteiger partial charge in [0.15, 0.2) is 0 Å². The number of hydrogen-bond donors (Lipinski definition) is 0. The minimum absolute atomic E-state index is 0.0532. The van der Waals surface area contributed by atoms with Crippen LogP contribution in [0.4, 0.5) is 0 Å². The Labute approximate surface area is 159 Å². The van der Waals surface area contributed by atoms with Gasteiger partial charge in [-0.3, -0.25) is 9.78 Å². The quantitative estimate of drug-likeness (QED) is 0.650. The summed E-state index contributed by atoms with van der Waals surface area (Å²) in [5.74, 6) is 0.311. The van der Waals surface area contributed by atoms with E-state index < -0.39 is 0 Å². The van der Waals surface area contributed by atoms with Gasteiger partial charge in [-0.2, -0.15) is 0 Å². The van der Waals surface area contributed by atoms with E-state index in [1.807, 2.05) is 29.6 Å². The Bertz CT molecular complexity index is 851. The number of aromatic nitrogens is 3. The number of carbonyl (C=O) groups excluding carboxylic acids is 1. The molecular formula is C22H24N4O. The predicted octanol–water partition coefficient (Wildman–Crippen LogP) is 3.11. The third-order valence-electron chi connectivity index (χ3n) is 5.24.